The van der Waals surface area contributed by atoms with Gasteiger partial charge in [0.1, 0.15) is 0 Å². The molecule has 1 N–H and O–H groups in total. The van der Waals surface area contributed by atoms with Crippen molar-refractivity contribution in [2.24, 2.45) is 0 Å². The van der Waals surface area contributed by atoms with Gasteiger partial charge in [-0.2, -0.15) is 4.31 Å². The molecule has 0 saturated carbocycles. The molecule has 32 heavy (non-hydrogen) atoms. The third-order valence-electron chi connectivity index (χ3n) is 5.49. The Balaban J connectivity index is 1.38. The standard InChI is InChI=1S/C24H26N4O3S/c29-24(26-14-12-21-8-4-5-13-25-21)20-7-6-11-23(19-20)32(30,31)28-17-15-27(16-18-28)22-9-2-1-3-10-22/h1-11,13,19H,12,14-18H2,(H,26,29). The van der Waals surface area contributed by atoms with Crippen LogP contribution in [0, 0.1) is 0 Å². The van der Waals surface area contributed by atoms with Crippen LogP contribution in [0.1, 0.15) is 16.1 Å². The van der Waals surface area contributed by atoms with Crippen molar-refractivity contribution in [3.05, 3.63) is 90.3 Å². The van der Waals surface area contributed by atoms with E-state index in [2.05, 4.69) is 15.2 Å². The number of nitrogens with zero attached hydrogens (tertiary/aromatic N) is 3. The molecule has 166 valence electrons. The molecular weight excluding hydrogens is 424 g/mol. The second kappa shape index (κ2) is 9.93. The van der Waals surface area contributed by atoms with E-state index < -0.39 is 10.0 Å². The van der Waals surface area contributed by atoms with Gasteiger partial charge in [-0.3, -0.25) is 9.78 Å². The molecule has 1 aliphatic heterocycles. The highest BCUT2D eigenvalue weighted by atomic mass is 32.2. The van der Waals surface area contributed by atoms with Crippen LogP contribution in [-0.2, 0) is 16.4 Å². The van der Waals surface area contributed by atoms with Crippen LogP contribution < -0.4 is 10.2 Å². The summed E-state index contributed by atoms with van der Waals surface area (Å²) < 4.78 is 27.8. The maximum atomic E-state index is 13.2. The number of hydrogen-bond donors (Lipinski definition) is 1. The Morgan fingerprint density at radius 1 is 0.906 bits per heavy atom. The lowest BCUT2D eigenvalue weighted by Gasteiger charge is -2.35. The molecule has 2 heterocycles. The number of hydrogen-bond acceptors (Lipinski definition) is 5. The van der Waals surface area contributed by atoms with Gasteiger partial charge in [-0.15, -0.1) is 0 Å². The minimum absolute atomic E-state index is 0.142. The van der Waals surface area contributed by atoms with E-state index in [0.29, 0.717) is 44.7 Å². The highest BCUT2D eigenvalue weighted by molar-refractivity contribution is 7.89. The molecule has 1 amide bonds. The van der Waals surface area contributed by atoms with Crippen molar-refractivity contribution >= 4 is 21.6 Å². The molecule has 0 radical (unpaired) electrons. The van der Waals surface area contributed by atoms with E-state index >= 15 is 0 Å². The van der Waals surface area contributed by atoms with E-state index in [0.717, 1.165) is 11.4 Å². The summed E-state index contributed by atoms with van der Waals surface area (Å²) in [6.45, 7) is 2.47. The third-order valence-corrected chi connectivity index (χ3v) is 7.38. The fourth-order valence-electron chi connectivity index (χ4n) is 3.72. The van der Waals surface area contributed by atoms with E-state index in [-0.39, 0.29) is 10.8 Å². The van der Waals surface area contributed by atoms with Gasteiger partial charge in [-0.1, -0.05) is 30.3 Å². The number of pyridine rings is 1. The number of sulfonamides is 1. The molecule has 0 bridgehead atoms. The van der Waals surface area contributed by atoms with Crippen LogP contribution in [0.2, 0.25) is 0 Å². The van der Waals surface area contributed by atoms with Gasteiger partial charge in [0.2, 0.25) is 10.0 Å². The van der Waals surface area contributed by atoms with E-state index in [4.69, 9.17) is 0 Å². The summed E-state index contributed by atoms with van der Waals surface area (Å²) in [5.74, 6) is -0.299. The summed E-state index contributed by atoms with van der Waals surface area (Å²) >= 11 is 0. The zero-order valence-corrected chi connectivity index (χ0v) is 18.5. The quantitative estimate of drug-likeness (QED) is 0.598. The van der Waals surface area contributed by atoms with Crippen molar-refractivity contribution in [1.82, 2.24) is 14.6 Å². The summed E-state index contributed by atoms with van der Waals surface area (Å²) in [6, 6.07) is 21.9. The molecule has 1 aromatic heterocycles. The maximum Gasteiger partial charge on any atom is 0.251 e. The van der Waals surface area contributed by atoms with Gasteiger partial charge in [0.05, 0.1) is 4.90 Å². The van der Waals surface area contributed by atoms with Gasteiger partial charge < -0.3 is 10.2 Å². The van der Waals surface area contributed by atoms with Crippen molar-refractivity contribution in [2.75, 3.05) is 37.6 Å². The normalized spacial score (nSPS) is 14.8. The lowest BCUT2D eigenvalue weighted by Crippen LogP contribution is -2.48. The van der Waals surface area contributed by atoms with Crippen LogP contribution in [-0.4, -0.2) is 56.3 Å². The van der Waals surface area contributed by atoms with Gasteiger partial charge in [-0.25, -0.2) is 8.42 Å². The Morgan fingerprint density at radius 2 is 1.66 bits per heavy atom. The molecule has 4 rings (SSSR count). The van der Waals surface area contributed by atoms with E-state index in [1.54, 1.807) is 24.4 Å². The number of amides is 1. The number of para-hydroxylation sites is 1. The molecule has 7 nitrogen and oxygen atoms in total. The Labute approximate surface area is 188 Å². The summed E-state index contributed by atoms with van der Waals surface area (Å²) in [6.07, 6.45) is 2.32. The molecule has 2 aromatic carbocycles. The first-order valence-electron chi connectivity index (χ1n) is 10.6. The van der Waals surface area contributed by atoms with Crippen LogP contribution in [0.4, 0.5) is 5.69 Å². The molecule has 0 aliphatic carbocycles. The average Bonchev–Trinajstić information content (AvgIpc) is 2.85. The number of anilines is 1. The molecular formula is C24H26N4O3S. The van der Waals surface area contributed by atoms with Crippen LogP contribution in [0.15, 0.2) is 83.9 Å². The molecule has 1 aliphatic rings. The Hall–Kier alpha value is -3.23. The maximum absolute atomic E-state index is 13.2. The summed E-state index contributed by atoms with van der Waals surface area (Å²) in [5, 5.41) is 2.84. The Bertz CT molecular complexity index is 1150. The molecule has 0 atom stereocenters. The molecule has 0 unspecified atom stereocenters. The molecule has 1 fully saturated rings. The van der Waals surface area contributed by atoms with Crippen LogP contribution >= 0.6 is 0 Å². The molecule has 0 spiro atoms. The Kier molecular flexibility index (Phi) is 6.82. The van der Waals surface area contributed by atoms with Crippen molar-refractivity contribution in [3.63, 3.8) is 0 Å². The van der Waals surface area contributed by atoms with Gasteiger partial charge in [-0.05, 0) is 42.5 Å². The van der Waals surface area contributed by atoms with E-state index in [1.807, 2.05) is 48.5 Å². The molecule has 1 saturated heterocycles. The van der Waals surface area contributed by atoms with Gasteiger partial charge in [0.15, 0.2) is 0 Å². The van der Waals surface area contributed by atoms with Crippen molar-refractivity contribution in [2.45, 2.75) is 11.3 Å². The minimum Gasteiger partial charge on any atom is -0.369 e. The lowest BCUT2D eigenvalue weighted by molar-refractivity contribution is 0.0954. The number of aromatic nitrogens is 1. The predicted molar refractivity (Wildman–Crippen MR) is 124 cm³/mol. The number of rotatable bonds is 7. The number of carbonyl (C=O) groups excluding carboxylic acids is 1. The highest BCUT2D eigenvalue weighted by Gasteiger charge is 2.29. The fraction of sp³-hybridized carbons (Fsp3) is 0.250. The summed E-state index contributed by atoms with van der Waals surface area (Å²) in [5.41, 5.74) is 2.31. The number of nitrogens with one attached hydrogen (secondary N) is 1. The van der Waals surface area contributed by atoms with Crippen LogP contribution in [0.5, 0.6) is 0 Å². The van der Waals surface area contributed by atoms with Crippen LogP contribution in [0.25, 0.3) is 0 Å². The SMILES string of the molecule is O=C(NCCc1ccccn1)c1cccc(S(=O)(=O)N2CCN(c3ccccc3)CC2)c1. The van der Waals surface area contributed by atoms with Gasteiger partial charge in [0, 0.05) is 62.3 Å². The van der Waals surface area contributed by atoms with Gasteiger partial charge in [0.25, 0.3) is 5.91 Å². The fourth-order valence-corrected chi connectivity index (χ4v) is 5.19. The summed E-state index contributed by atoms with van der Waals surface area (Å²) in [4.78, 5) is 19.1. The van der Waals surface area contributed by atoms with Crippen LogP contribution in [0.3, 0.4) is 0 Å². The summed E-state index contributed by atoms with van der Waals surface area (Å²) in [7, 11) is -3.67. The van der Waals surface area contributed by atoms with Crippen molar-refractivity contribution < 1.29 is 13.2 Å². The first kappa shape index (κ1) is 22.0. The first-order chi connectivity index (χ1) is 15.5. The van der Waals surface area contributed by atoms with E-state index in [1.165, 1.54) is 10.4 Å². The zero-order valence-electron chi connectivity index (χ0n) is 17.7. The smallest absolute Gasteiger partial charge is 0.251 e. The first-order valence-corrected chi connectivity index (χ1v) is 12.1. The highest BCUT2D eigenvalue weighted by Crippen LogP contribution is 2.21. The topological polar surface area (TPSA) is 82.6 Å². The second-order valence-electron chi connectivity index (χ2n) is 7.58. The average molecular weight is 451 g/mol. The second-order valence-corrected chi connectivity index (χ2v) is 9.52. The number of carbonyl (C=O) groups is 1. The Morgan fingerprint density at radius 3 is 2.38 bits per heavy atom. The number of piperazine rings is 1. The molecule has 3 aromatic rings. The van der Waals surface area contributed by atoms with Crippen molar-refractivity contribution in [3.8, 4) is 0 Å². The predicted octanol–water partition coefficient (Wildman–Crippen LogP) is 2.57. The zero-order chi connectivity index (χ0) is 22.4. The number of benzene rings is 2. The monoisotopic (exact) mass is 450 g/mol. The van der Waals surface area contributed by atoms with Crippen molar-refractivity contribution in [1.29, 1.82) is 0 Å². The lowest BCUT2D eigenvalue weighted by atomic mass is 10.2. The third kappa shape index (κ3) is 5.15. The van der Waals surface area contributed by atoms with Gasteiger partial charge >= 0.3 is 0 Å². The van der Waals surface area contributed by atoms with E-state index in [9.17, 15) is 13.2 Å². The largest absolute Gasteiger partial charge is 0.369 e. The molecule has 8 heteroatoms. The minimum atomic E-state index is -3.67.